The summed E-state index contributed by atoms with van der Waals surface area (Å²) in [6, 6.07) is 0. The third-order valence-electron chi connectivity index (χ3n) is 5.77. The Labute approximate surface area is 198 Å². The molecule has 33 heavy (non-hydrogen) atoms. The number of hydrogen-bond donors (Lipinski definition) is 3. The van der Waals surface area contributed by atoms with Crippen LogP contribution in [0.3, 0.4) is 0 Å². The molecule has 1 aromatic rings. The summed E-state index contributed by atoms with van der Waals surface area (Å²) in [5.41, 5.74) is 1.45. The minimum Gasteiger partial charge on any atom is -0.338 e. The number of allylic oxidation sites excluding steroid dienone is 3. The highest BCUT2D eigenvalue weighted by Crippen LogP contribution is 2.24. The molecule has 176 valence electrons. The number of nitrogens with one attached hydrogen (secondary N) is 3. The second-order valence-electron chi connectivity index (χ2n) is 8.27. The van der Waals surface area contributed by atoms with Crippen LogP contribution in [0.4, 0.5) is 11.9 Å². The molecule has 0 aromatic carbocycles. The first-order valence-corrected chi connectivity index (χ1v) is 11.6. The quantitative estimate of drug-likeness (QED) is 0.534. The number of carbonyl (C=O) groups is 1. The second kappa shape index (κ2) is 10.3. The minimum absolute atomic E-state index is 0.226. The molecule has 2 atom stereocenters. The third kappa shape index (κ3) is 5.69. The fourth-order valence-electron chi connectivity index (χ4n) is 3.83. The number of likely N-dealkylation sites (N-methyl/N-ethyl adjacent to an activating group) is 1. The number of piperazine rings is 1. The molecule has 0 radical (unpaired) electrons. The van der Waals surface area contributed by atoms with Crippen LogP contribution in [-0.4, -0.2) is 76.9 Å². The SMILES string of the molecule is CCc1nc(NC2C=C(NC(=O)C3=C(C)C=CCC3Cl)NC=N2)nc(N2CCN(C)CC2)n1. The molecule has 0 spiro atoms. The van der Waals surface area contributed by atoms with Gasteiger partial charge >= 0.3 is 0 Å². The molecule has 3 aliphatic rings. The Kier molecular flexibility index (Phi) is 7.24. The number of carbonyl (C=O) groups excluding carboxylic acids is 1. The van der Waals surface area contributed by atoms with Crippen LogP contribution in [0.15, 0.2) is 40.2 Å². The van der Waals surface area contributed by atoms with Gasteiger partial charge < -0.3 is 25.8 Å². The summed E-state index contributed by atoms with van der Waals surface area (Å²) in [7, 11) is 2.11. The lowest BCUT2D eigenvalue weighted by atomic mass is 9.97. The van der Waals surface area contributed by atoms with Crippen LogP contribution in [0, 0.1) is 0 Å². The van der Waals surface area contributed by atoms with E-state index in [1.54, 1.807) is 6.08 Å². The van der Waals surface area contributed by atoms with Crippen LogP contribution in [0.25, 0.3) is 0 Å². The van der Waals surface area contributed by atoms with Crippen molar-refractivity contribution in [1.29, 1.82) is 0 Å². The molecule has 11 heteroatoms. The summed E-state index contributed by atoms with van der Waals surface area (Å²) >= 11 is 6.36. The zero-order valence-electron chi connectivity index (χ0n) is 19.2. The molecular formula is C22H30ClN9O. The smallest absolute Gasteiger partial charge is 0.254 e. The van der Waals surface area contributed by atoms with Gasteiger partial charge in [-0.25, -0.2) is 4.99 Å². The average molecular weight is 472 g/mol. The molecule has 2 aliphatic heterocycles. The van der Waals surface area contributed by atoms with E-state index in [9.17, 15) is 4.79 Å². The van der Waals surface area contributed by atoms with E-state index in [2.05, 4.69) is 52.7 Å². The maximum absolute atomic E-state index is 12.8. The number of aromatic nitrogens is 3. The number of rotatable bonds is 6. The maximum atomic E-state index is 12.8. The lowest BCUT2D eigenvalue weighted by Crippen LogP contribution is -2.45. The van der Waals surface area contributed by atoms with Gasteiger partial charge in [-0.05, 0) is 26.0 Å². The van der Waals surface area contributed by atoms with E-state index < -0.39 is 6.17 Å². The number of amides is 1. The molecule has 0 bridgehead atoms. The van der Waals surface area contributed by atoms with Crippen LogP contribution >= 0.6 is 11.6 Å². The van der Waals surface area contributed by atoms with E-state index in [-0.39, 0.29) is 11.3 Å². The molecule has 1 fully saturated rings. The highest BCUT2D eigenvalue weighted by molar-refractivity contribution is 6.26. The standard InChI is InChI=1S/C22H30ClN9O/c1-4-16-27-21(30-22(29-16)32-10-8-31(3)9-11-32)28-18-12-17(24-13-25-18)26-20(33)19-14(2)6-5-7-15(19)23/h5-6,12-13,15,18H,4,7-11H2,1-3H3,(H,24,25)(H,26,33)(H,27,28,29,30). The monoisotopic (exact) mass is 471 g/mol. The van der Waals surface area contributed by atoms with E-state index in [1.165, 1.54) is 6.34 Å². The molecule has 0 saturated carbocycles. The van der Waals surface area contributed by atoms with Gasteiger partial charge in [0.05, 0.1) is 11.7 Å². The summed E-state index contributed by atoms with van der Waals surface area (Å²) in [4.78, 5) is 35.4. The Bertz CT molecular complexity index is 1010. The van der Waals surface area contributed by atoms with Crippen molar-refractivity contribution in [2.24, 2.45) is 4.99 Å². The summed E-state index contributed by atoms with van der Waals surface area (Å²) in [6.45, 7) is 7.58. The summed E-state index contributed by atoms with van der Waals surface area (Å²) < 4.78 is 0. The Morgan fingerprint density at radius 3 is 2.76 bits per heavy atom. The topological polar surface area (TPSA) is 111 Å². The lowest BCUT2D eigenvalue weighted by Gasteiger charge is -2.32. The minimum atomic E-state index is -0.442. The Morgan fingerprint density at radius 2 is 2.03 bits per heavy atom. The highest BCUT2D eigenvalue weighted by atomic mass is 35.5. The number of alkyl halides is 1. The van der Waals surface area contributed by atoms with Crippen molar-refractivity contribution in [1.82, 2.24) is 30.5 Å². The van der Waals surface area contributed by atoms with E-state index >= 15 is 0 Å². The number of anilines is 2. The predicted molar refractivity (Wildman–Crippen MR) is 130 cm³/mol. The van der Waals surface area contributed by atoms with E-state index in [1.807, 2.05) is 26.0 Å². The average Bonchev–Trinajstić information content (AvgIpc) is 2.79. The van der Waals surface area contributed by atoms with Gasteiger partial charge in [-0.2, -0.15) is 15.0 Å². The second-order valence-corrected chi connectivity index (χ2v) is 8.79. The van der Waals surface area contributed by atoms with E-state index in [0.29, 0.717) is 36.1 Å². The summed E-state index contributed by atoms with van der Waals surface area (Å²) in [5, 5.41) is 8.75. The van der Waals surface area contributed by atoms with Crippen LogP contribution in [-0.2, 0) is 11.2 Å². The molecule has 2 unspecified atom stereocenters. The highest BCUT2D eigenvalue weighted by Gasteiger charge is 2.24. The molecule has 1 aliphatic carbocycles. The first-order chi connectivity index (χ1) is 15.9. The van der Waals surface area contributed by atoms with Gasteiger partial charge in [0.15, 0.2) is 0 Å². The van der Waals surface area contributed by atoms with Crippen molar-refractivity contribution >= 4 is 35.7 Å². The number of halogens is 1. The molecule has 1 saturated heterocycles. The molecule has 3 heterocycles. The Hall–Kier alpha value is -2.98. The van der Waals surface area contributed by atoms with Gasteiger partial charge in [-0.15, -0.1) is 11.6 Å². The number of aliphatic imine (C=N–C) groups is 1. The van der Waals surface area contributed by atoms with E-state index in [4.69, 9.17) is 11.6 Å². The maximum Gasteiger partial charge on any atom is 0.254 e. The van der Waals surface area contributed by atoms with Crippen molar-refractivity contribution in [3.05, 3.63) is 41.0 Å². The molecule has 4 rings (SSSR count). The first-order valence-electron chi connectivity index (χ1n) is 11.2. The normalized spacial score (nSPS) is 23.3. The van der Waals surface area contributed by atoms with Gasteiger partial charge in [0, 0.05) is 44.2 Å². The van der Waals surface area contributed by atoms with Gasteiger partial charge in [0.1, 0.15) is 17.8 Å². The van der Waals surface area contributed by atoms with Crippen LogP contribution in [0.2, 0.25) is 0 Å². The zero-order valence-corrected chi connectivity index (χ0v) is 19.9. The summed E-state index contributed by atoms with van der Waals surface area (Å²) in [6.07, 6.45) is 8.11. The first kappa shape index (κ1) is 23.2. The lowest BCUT2D eigenvalue weighted by molar-refractivity contribution is -0.117. The van der Waals surface area contributed by atoms with Crippen molar-refractivity contribution in [2.45, 2.75) is 38.2 Å². The molecular weight excluding hydrogens is 442 g/mol. The Balaban J connectivity index is 1.47. The van der Waals surface area contributed by atoms with Gasteiger partial charge in [0.2, 0.25) is 11.9 Å². The number of nitrogens with zero attached hydrogens (tertiary/aromatic N) is 6. The predicted octanol–water partition coefficient (Wildman–Crippen LogP) is 1.40. The van der Waals surface area contributed by atoms with Crippen molar-refractivity contribution < 1.29 is 4.79 Å². The van der Waals surface area contributed by atoms with E-state index in [0.717, 1.165) is 37.6 Å². The van der Waals surface area contributed by atoms with Crippen molar-refractivity contribution in [3.8, 4) is 0 Å². The van der Waals surface area contributed by atoms with Crippen molar-refractivity contribution in [2.75, 3.05) is 43.4 Å². The summed E-state index contributed by atoms with van der Waals surface area (Å²) in [5.74, 6) is 2.15. The molecule has 1 amide bonds. The Morgan fingerprint density at radius 1 is 1.24 bits per heavy atom. The third-order valence-corrected chi connectivity index (χ3v) is 6.17. The van der Waals surface area contributed by atoms with Crippen LogP contribution < -0.4 is 20.9 Å². The molecule has 3 N–H and O–H groups in total. The van der Waals surface area contributed by atoms with Crippen LogP contribution in [0.1, 0.15) is 26.1 Å². The molecule has 1 aromatic heterocycles. The number of hydrogen-bond acceptors (Lipinski definition) is 9. The van der Waals surface area contributed by atoms with Crippen molar-refractivity contribution in [3.63, 3.8) is 0 Å². The van der Waals surface area contributed by atoms with Gasteiger partial charge in [-0.1, -0.05) is 19.1 Å². The van der Waals surface area contributed by atoms with Crippen LogP contribution in [0.5, 0.6) is 0 Å². The number of aryl methyl sites for hydroxylation is 1. The zero-order chi connectivity index (χ0) is 23.4. The molecule has 10 nitrogen and oxygen atoms in total. The van der Waals surface area contributed by atoms with Gasteiger partial charge in [-0.3, -0.25) is 4.79 Å². The fraction of sp³-hybridized carbons (Fsp3) is 0.500. The van der Waals surface area contributed by atoms with Gasteiger partial charge in [0.25, 0.3) is 5.91 Å². The fourth-order valence-corrected chi connectivity index (χ4v) is 4.21. The largest absolute Gasteiger partial charge is 0.338 e.